The molecule has 1 fully saturated rings. The fourth-order valence-corrected chi connectivity index (χ4v) is 6.14. The maximum absolute atomic E-state index is 12.9. The van der Waals surface area contributed by atoms with Crippen LogP contribution in [0.15, 0.2) is 21.1 Å². The van der Waals surface area contributed by atoms with Gasteiger partial charge in [-0.15, -0.1) is 34.9 Å². The molecule has 0 aliphatic carbocycles. The van der Waals surface area contributed by atoms with Crippen LogP contribution in [0.25, 0.3) is 0 Å². The zero-order valence-corrected chi connectivity index (χ0v) is 20.4. The number of rotatable bonds is 11. The lowest BCUT2D eigenvalue weighted by molar-refractivity contribution is -0.150. The minimum atomic E-state index is -1.32. The maximum Gasteiger partial charge on any atom is 0.353 e. The third kappa shape index (κ3) is 6.04. The van der Waals surface area contributed by atoms with Crippen LogP contribution in [0, 0.1) is 0 Å². The highest BCUT2D eigenvalue weighted by atomic mass is 32.2. The largest absolute Gasteiger partial charge is 0.479 e. The van der Waals surface area contributed by atoms with E-state index in [2.05, 4.69) is 25.0 Å². The van der Waals surface area contributed by atoms with E-state index >= 15 is 0 Å². The van der Waals surface area contributed by atoms with Crippen molar-refractivity contribution in [1.82, 2.24) is 15.2 Å². The molecule has 2 aliphatic rings. The molecule has 0 saturated carbocycles. The number of carbonyl (C=O) groups excluding carboxylic acids is 3. The summed E-state index contributed by atoms with van der Waals surface area (Å²) in [6, 6.07) is -1.07. The lowest BCUT2D eigenvalue weighted by atomic mass is 10.0. The van der Waals surface area contributed by atoms with Crippen LogP contribution in [0.2, 0.25) is 0 Å². The second-order valence-corrected chi connectivity index (χ2v) is 9.97. The molecule has 2 amide bonds. The Bertz CT molecular complexity index is 1120. The second-order valence-electron chi connectivity index (χ2n) is 6.79. The molecule has 0 radical (unpaired) electrons. The topological polar surface area (TPSA) is 211 Å². The Labute approximate surface area is 209 Å². The molecule has 188 valence electrons. The third-order valence-electron chi connectivity index (χ3n) is 4.56. The second kappa shape index (κ2) is 11.4. The van der Waals surface area contributed by atoms with Crippen LogP contribution in [0.4, 0.5) is 5.13 Å². The van der Waals surface area contributed by atoms with Gasteiger partial charge in [0, 0.05) is 21.8 Å². The van der Waals surface area contributed by atoms with Crippen LogP contribution in [0.1, 0.15) is 12.1 Å². The average molecular weight is 546 g/mol. The van der Waals surface area contributed by atoms with Crippen molar-refractivity contribution >= 4 is 75.4 Å². The number of nitrogens with one attached hydrogen (secondary N) is 1. The number of carboxylic acids is 2. The number of amides is 2. The highest BCUT2D eigenvalue weighted by Crippen LogP contribution is 2.43. The molecule has 1 aromatic rings. The number of hydrogen-bond donors (Lipinski definition) is 4. The van der Waals surface area contributed by atoms with Crippen LogP contribution < -0.4 is 11.1 Å². The number of anilines is 1. The number of esters is 1. The van der Waals surface area contributed by atoms with Crippen molar-refractivity contribution in [2.24, 2.45) is 5.16 Å². The molecule has 3 heterocycles. The average Bonchev–Trinajstić information content (AvgIpc) is 3.24. The summed E-state index contributed by atoms with van der Waals surface area (Å²) >= 11 is 3.40. The monoisotopic (exact) mass is 545 g/mol. The van der Waals surface area contributed by atoms with E-state index in [0.29, 0.717) is 4.91 Å². The number of hydrogen-bond acceptors (Lipinski definition) is 13. The number of ether oxygens (including phenoxy) is 1. The zero-order valence-electron chi connectivity index (χ0n) is 18.0. The van der Waals surface area contributed by atoms with E-state index in [1.807, 2.05) is 0 Å². The fourth-order valence-electron chi connectivity index (χ4n) is 3.02. The smallest absolute Gasteiger partial charge is 0.353 e. The molecule has 2 atom stereocenters. The maximum atomic E-state index is 12.9. The van der Waals surface area contributed by atoms with Gasteiger partial charge in [0.15, 0.2) is 10.8 Å². The van der Waals surface area contributed by atoms with Gasteiger partial charge in [0.05, 0.1) is 13.5 Å². The fraction of sp³-hybridized carbons (Fsp3) is 0.389. The number of carbonyl (C=O) groups is 5. The van der Waals surface area contributed by atoms with Crippen molar-refractivity contribution in [3.8, 4) is 0 Å². The minimum Gasteiger partial charge on any atom is -0.479 e. The molecule has 35 heavy (non-hydrogen) atoms. The molecule has 3 rings (SSSR count). The van der Waals surface area contributed by atoms with Crippen LogP contribution in [-0.4, -0.2) is 92.2 Å². The molecule has 1 aromatic heterocycles. The lowest BCUT2D eigenvalue weighted by Gasteiger charge is -2.49. The van der Waals surface area contributed by atoms with Crippen molar-refractivity contribution in [3.63, 3.8) is 0 Å². The number of thiazole rings is 1. The van der Waals surface area contributed by atoms with Gasteiger partial charge in [0.1, 0.15) is 22.8 Å². The van der Waals surface area contributed by atoms with E-state index in [-0.39, 0.29) is 40.2 Å². The van der Waals surface area contributed by atoms with Gasteiger partial charge in [-0.05, 0) is 0 Å². The summed E-state index contributed by atoms with van der Waals surface area (Å²) in [6.45, 7) is -0.811. The van der Waals surface area contributed by atoms with Gasteiger partial charge in [-0.1, -0.05) is 5.16 Å². The van der Waals surface area contributed by atoms with Gasteiger partial charge in [-0.3, -0.25) is 19.3 Å². The van der Waals surface area contributed by atoms with Gasteiger partial charge in [-0.25, -0.2) is 14.6 Å². The standard InChI is InChI=1S/C18H19N5O9S3/c1-31-10(26)2-3-33-8-6-34-16-12(15(28)23(16)13(8)17(29)30)21-14(27)11(22-32-4-9(24)25)7-5-35-18(19)20-7/h5,12,16H,2-4,6H2,1H3,(H2,19,20)(H,21,27)(H,24,25)(H,29,30)/b22-11-/t12-,16-/m1/s1. The van der Waals surface area contributed by atoms with Crippen molar-refractivity contribution < 1.29 is 43.8 Å². The molecular weight excluding hydrogens is 526 g/mol. The van der Waals surface area contributed by atoms with Crippen molar-refractivity contribution in [1.29, 1.82) is 0 Å². The molecule has 1 saturated heterocycles. The summed E-state index contributed by atoms with van der Waals surface area (Å²) in [6.07, 6.45) is 0.0749. The van der Waals surface area contributed by atoms with Crippen molar-refractivity contribution in [2.75, 3.05) is 31.0 Å². The van der Waals surface area contributed by atoms with Crippen molar-refractivity contribution in [2.45, 2.75) is 17.8 Å². The Hall–Kier alpha value is -3.31. The number of nitrogens with zero attached hydrogens (tertiary/aromatic N) is 3. The number of aromatic nitrogens is 1. The highest BCUT2D eigenvalue weighted by molar-refractivity contribution is 8.06. The number of β-lactam (4-membered cyclic amide) rings is 1. The van der Waals surface area contributed by atoms with Crippen LogP contribution >= 0.6 is 34.9 Å². The van der Waals surface area contributed by atoms with Gasteiger partial charge in [0.25, 0.3) is 11.8 Å². The van der Waals surface area contributed by atoms with E-state index in [1.165, 1.54) is 24.3 Å². The first kappa shape index (κ1) is 26.3. The normalized spacial score (nSPS) is 19.5. The molecule has 2 aliphatic heterocycles. The molecule has 0 bridgehead atoms. The van der Waals surface area contributed by atoms with Gasteiger partial charge in [-0.2, -0.15) is 0 Å². The van der Waals surface area contributed by atoms with Gasteiger partial charge in [0.2, 0.25) is 6.61 Å². The van der Waals surface area contributed by atoms with Gasteiger partial charge < -0.3 is 30.8 Å². The number of nitrogen functional groups attached to an aromatic ring is 1. The molecular formula is C18H19N5O9S3. The van der Waals surface area contributed by atoms with Crippen LogP contribution in [-0.2, 0) is 33.5 Å². The van der Waals surface area contributed by atoms with E-state index < -0.39 is 47.7 Å². The number of fused-ring (bicyclic) bond motifs is 1. The number of aliphatic carboxylic acids is 2. The molecule has 17 heteroatoms. The van der Waals surface area contributed by atoms with Gasteiger partial charge >= 0.3 is 17.9 Å². The SMILES string of the molecule is COC(=O)CCSC1=C(C(=O)O)N2C(=O)[C@@H](NC(=O)/C(=N\OCC(=O)O)c3csc(N)n3)[C@H]2SC1. The predicted octanol–water partition coefficient (Wildman–Crippen LogP) is -0.477. The van der Waals surface area contributed by atoms with E-state index in [4.69, 9.17) is 10.8 Å². The molecule has 0 unspecified atom stereocenters. The number of thioether (sulfide) groups is 2. The summed E-state index contributed by atoms with van der Waals surface area (Å²) < 4.78 is 4.57. The number of nitrogens with two attached hydrogens (primary N) is 1. The van der Waals surface area contributed by atoms with E-state index in [0.717, 1.165) is 28.0 Å². The Kier molecular flexibility index (Phi) is 8.57. The number of methoxy groups -OCH3 is 1. The zero-order chi connectivity index (χ0) is 25.7. The lowest BCUT2D eigenvalue weighted by Crippen LogP contribution is -2.71. The summed E-state index contributed by atoms with van der Waals surface area (Å²) in [5, 5.41) is 25.3. The number of oxime groups is 1. The molecule has 0 spiro atoms. The Morgan fingerprint density at radius 2 is 2.11 bits per heavy atom. The highest BCUT2D eigenvalue weighted by Gasteiger charge is 2.54. The number of carboxylic acid groups (broad SMARTS) is 2. The summed E-state index contributed by atoms with van der Waals surface area (Å²) in [5.41, 5.74) is 5.02. The van der Waals surface area contributed by atoms with E-state index in [9.17, 15) is 29.1 Å². The molecule has 0 aromatic carbocycles. The van der Waals surface area contributed by atoms with E-state index in [1.54, 1.807) is 0 Å². The first-order valence-corrected chi connectivity index (χ1v) is 12.6. The molecule has 5 N–H and O–H groups in total. The van der Waals surface area contributed by atoms with Crippen LogP contribution in [0.5, 0.6) is 0 Å². The Balaban J connectivity index is 1.74. The Morgan fingerprint density at radius 3 is 2.71 bits per heavy atom. The first-order chi connectivity index (χ1) is 16.6. The first-order valence-electron chi connectivity index (χ1n) is 9.68. The van der Waals surface area contributed by atoms with Crippen LogP contribution in [0.3, 0.4) is 0 Å². The summed E-state index contributed by atoms with van der Waals surface area (Å²) in [4.78, 5) is 69.7. The molecule has 14 nitrogen and oxygen atoms in total. The summed E-state index contributed by atoms with van der Waals surface area (Å²) in [5.74, 6) is -4.07. The summed E-state index contributed by atoms with van der Waals surface area (Å²) in [7, 11) is 1.25. The quantitative estimate of drug-likeness (QED) is 0.120. The predicted molar refractivity (Wildman–Crippen MR) is 125 cm³/mol. The van der Waals surface area contributed by atoms with Crippen molar-refractivity contribution in [3.05, 3.63) is 21.7 Å². The Morgan fingerprint density at radius 1 is 1.37 bits per heavy atom. The minimum absolute atomic E-state index is 0.0192. The third-order valence-corrected chi connectivity index (χ3v) is 7.79.